The fourth-order valence-corrected chi connectivity index (χ4v) is 2.29. The SMILES string of the molecule is Cc1oc(CNCCSCCCO)cc1C(=O)O. The number of carboxylic acid groups (broad SMARTS) is 1. The van der Waals surface area contributed by atoms with Gasteiger partial charge in [-0.05, 0) is 25.2 Å². The van der Waals surface area contributed by atoms with Crippen molar-refractivity contribution in [2.24, 2.45) is 0 Å². The van der Waals surface area contributed by atoms with Crippen molar-refractivity contribution in [3.05, 3.63) is 23.2 Å². The summed E-state index contributed by atoms with van der Waals surface area (Å²) in [5.74, 6) is 2.05. The van der Waals surface area contributed by atoms with Gasteiger partial charge in [-0.3, -0.25) is 0 Å². The second-order valence-corrected chi connectivity index (χ2v) is 5.08. The number of hydrogen-bond acceptors (Lipinski definition) is 5. The monoisotopic (exact) mass is 273 g/mol. The third kappa shape index (κ3) is 5.12. The minimum Gasteiger partial charge on any atom is -0.478 e. The van der Waals surface area contributed by atoms with Gasteiger partial charge in [0.1, 0.15) is 17.1 Å². The third-order valence-corrected chi connectivity index (χ3v) is 3.44. The number of aryl methyl sites for hydroxylation is 1. The van der Waals surface area contributed by atoms with Crippen LogP contribution in [0.3, 0.4) is 0 Å². The Labute approximate surface area is 111 Å². The van der Waals surface area contributed by atoms with E-state index in [-0.39, 0.29) is 12.2 Å². The van der Waals surface area contributed by atoms with Crippen molar-refractivity contribution in [2.45, 2.75) is 19.9 Å². The molecule has 102 valence electrons. The molecule has 0 aliphatic rings. The van der Waals surface area contributed by atoms with Crippen LogP contribution in [0.2, 0.25) is 0 Å². The van der Waals surface area contributed by atoms with Crippen molar-refractivity contribution in [3.8, 4) is 0 Å². The fourth-order valence-electron chi connectivity index (χ4n) is 1.47. The Morgan fingerprint density at radius 1 is 1.50 bits per heavy atom. The van der Waals surface area contributed by atoms with Gasteiger partial charge in [0.2, 0.25) is 0 Å². The van der Waals surface area contributed by atoms with Gasteiger partial charge in [0, 0.05) is 18.9 Å². The number of aliphatic hydroxyl groups is 1. The smallest absolute Gasteiger partial charge is 0.339 e. The number of rotatable bonds is 9. The van der Waals surface area contributed by atoms with Crippen LogP contribution in [-0.2, 0) is 6.54 Å². The molecule has 1 rings (SSSR count). The molecule has 0 aliphatic carbocycles. The minimum absolute atomic E-state index is 0.226. The molecule has 18 heavy (non-hydrogen) atoms. The first-order valence-corrected chi connectivity index (χ1v) is 7.02. The lowest BCUT2D eigenvalue weighted by Crippen LogP contribution is -2.16. The summed E-state index contributed by atoms with van der Waals surface area (Å²) in [5, 5.41) is 20.7. The Hall–Kier alpha value is -0.980. The lowest BCUT2D eigenvalue weighted by Gasteiger charge is -2.02. The first kappa shape index (κ1) is 15.1. The Morgan fingerprint density at radius 2 is 2.28 bits per heavy atom. The molecular formula is C12H19NO4S. The first-order valence-electron chi connectivity index (χ1n) is 5.87. The van der Waals surface area contributed by atoms with E-state index in [9.17, 15) is 4.79 Å². The van der Waals surface area contributed by atoms with Crippen molar-refractivity contribution >= 4 is 17.7 Å². The van der Waals surface area contributed by atoms with Gasteiger partial charge in [-0.25, -0.2) is 4.79 Å². The average Bonchev–Trinajstić information content (AvgIpc) is 2.69. The summed E-state index contributed by atoms with van der Waals surface area (Å²) < 4.78 is 5.34. The highest BCUT2D eigenvalue weighted by atomic mass is 32.2. The van der Waals surface area contributed by atoms with Gasteiger partial charge in [0.25, 0.3) is 0 Å². The number of thioether (sulfide) groups is 1. The summed E-state index contributed by atoms with van der Waals surface area (Å²) in [6, 6.07) is 1.56. The number of hydrogen-bond donors (Lipinski definition) is 3. The number of aliphatic hydroxyl groups excluding tert-OH is 1. The lowest BCUT2D eigenvalue weighted by molar-refractivity contribution is 0.0695. The second-order valence-electron chi connectivity index (χ2n) is 3.85. The van der Waals surface area contributed by atoms with Crippen LogP contribution in [0.15, 0.2) is 10.5 Å². The molecule has 0 atom stereocenters. The predicted molar refractivity (Wildman–Crippen MR) is 71.1 cm³/mol. The summed E-state index contributed by atoms with van der Waals surface area (Å²) in [6.45, 7) is 3.26. The zero-order valence-corrected chi connectivity index (χ0v) is 11.3. The van der Waals surface area contributed by atoms with E-state index in [1.54, 1.807) is 24.8 Å². The van der Waals surface area contributed by atoms with E-state index in [4.69, 9.17) is 14.6 Å². The van der Waals surface area contributed by atoms with Crippen molar-refractivity contribution in [1.82, 2.24) is 5.32 Å². The molecule has 0 amide bonds. The van der Waals surface area contributed by atoms with Crippen LogP contribution < -0.4 is 5.32 Å². The molecule has 1 aromatic heterocycles. The highest BCUT2D eigenvalue weighted by molar-refractivity contribution is 7.99. The second kappa shape index (κ2) is 8.18. The van der Waals surface area contributed by atoms with Crippen LogP contribution >= 0.6 is 11.8 Å². The van der Waals surface area contributed by atoms with Crippen LogP contribution in [0.1, 0.15) is 28.3 Å². The first-order chi connectivity index (χ1) is 8.65. The van der Waals surface area contributed by atoms with Gasteiger partial charge in [-0.2, -0.15) is 11.8 Å². The normalized spacial score (nSPS) is 10.8. The summed E-state index contributed by atoms with van der Waals surface area (Å²) in [6.07, 6.45) is 0.823. The Morgan fingerprint density at radius 3 is 2.89 bits per heavy atom. The molecule has 1 heterocycles. The van der Waals surface area contributed by atoms with Gasteiger partial charge in [-0.15, -0.1) is 0 Å². The molecule has 1 aromatic rings. The quantitative estimate of drug-likeness (QED) is 0.591. The number of carbonyl (C=O) groups is 1. The molecule has 0 unspecified atom stereocenters. The van der Waals surface area contributed by atoms with E-state index < -0.39 is 5.97 Å². The predicted octanol–water partition coefficient (Wildman–Crippen LogP) is 1.49. The molecule has 0 radical (unpaired) electrons. The Balaban J connectivity index is 2.19. The van der Waals surface area contributed by atoms with Gasteiger partial charge >= 0.3 is 5.97 Å². The third-order valence-electron chi connectivity index (χ3n) is 2.37. The van der Waals surface area contributed by atoms with Crippen LogP contribution in [0.4, 0.5) is 0 Å². The summed E-state index contributed by atoms with van der Waals surface area (Å²) >= 11 is 1.78. The molecular weight excluding hydrogens is 254 g/mol. The van der Waals surface area contributed by atoms with E-state index in [2.05, 4.69) is 5.32 Å². The topological polar surface area (TPSA) is 82.7 Å². The zero-order valence-electron chi connectivity index (χ0n) is 10.4. The van der Waals surface area contributed by atoms with Gasteiger partial charge < -0.3 is 19.9 Å². The molecule has 0 aromatic carbocycles. The molecule has 6 heteroatoms. The van der Waals surface area contributed by atoms with Crippen LogP contribution in [0.25, 0.3) is 0 Å². The maximum absolute atomic E-state index is 10.8. The van der Waals surface area contributed by atoms with Crippen LogP contribution in [0.5, 0.6) is 0 Å². The van der Waals surface area contributed by atoms with E-state index in [0.29, 0.717) is 18.1 Å². The Kier molecular flexibility index (Phi) is 6.85. The summed E-state index contributed by atoms with van der Waals surface area (Å²) in [7, 11) is 0. The average molecular weight is 273 g/mol. The number of aromatic carboxylic acids is 1. The van der Waals surface area contributed by atoms with Crippen molar-refractivity contribution < 1.29 is 19.4 Å². The van der Waals surface area contributed by atoms with E-state index in [1.165, 1.54) is 0 Å². The number of nitrogens with one attached hydrogen (secondary N) is 1. The molecule has 0 spiro atoms. The minimum atomic E-state index is -0.956. The zero-order chi connectivity index (χ0) is 13.4. The van der Waals surface area contributed by atoms with Gasteiger partial charge in [-0.1, -0.05) is 0 Å². The maximum Gasteiger partial charge on any atom is 0.339 e. The molecule has 0 saturated carbocycles. The molecule has 0 saturated heterocycles. The lowest BCUT2D eigenvalue weighted by atomic mass is 10.2. The molecule has 0 bridgehead atoms. The van der Waals surface area contributed by atoms with E-state index in [0.717, 1.165) is 24.5 Å². The van der Waals surface area contributed by atoms with Crippen molar-refractivity contribution in [2.75, 3.05) is 24.7 Å². The fraction of sp³-hybridized carbons (Fsp3) is 0.583. The summed E-state index contributed by atoms with van der Waals surface area (Å²) in [4.78, 5) is 10.8. The maximum atomic E-state index is 10.8. The Bertz CT molecular complexity index is 378. The molecule has 0 fully saturated rings. The van der Waals surface area contributed by atoms with Crippen molar-refractivity contribution in [3.63, 3.8) is 0 Å². The standard InChI is InChI=1S/C12H19NO4S/c1-9-11(12(15)16)7-10(17-9)8-13-3-6-18-5-2-4-14/h7,13-14H,2-6,8H2,1H3,(H,15,16). The highest BCUT2D eigenvalue weighted by Gasteiger charge is 2.12. The van der Waals surface area contributed by atoms with E-state index >= 15 is 0 Å². The number of furan rings is 1. The summed E-state index contributed by atoms with van der Waals surface area (Å²) in [5.41, 5.74) is 0.226. The van der Waals surface area contributed by atoms with Gasteiger partial charge in [0.15, 0.2) is 0 Å². The van der Waals surface area contributed by atoms with Crippen LogP contribution in [-0.4, -0.2) is 40.8 Å². The largest absolute Gasteiger partial charge is 0.478 e. The van der Waals surface area contributed by atoms with E-state index in [1.807, 2.05) is 0 Å². The molecule has 0 aliphatic heterocycles. The molecule has 3 N–H and O–H groups in total. The van der Waals surface area contributed by atoms with Gasteiger partial charge in [0.05, 0.1) is 6.54 Å². The number of carboxylic acids is 1. The van der Waals surface area contributed by atoms with Crippen molar-refractivity contribution in [1.29, 1.82) is 0 Å². The highest BCUT2D eigenvalue weighted by Crippen LogP contribution is 2.14. The van der Waals surface area contributed by atoms with Crippen LogP contribution in [0, 0.1) is 6.92 Å². The molecule has 5 nitrogen and oxygen atoms in total.